The summed E-state index contributed by atoms with van der Waals surface area (Å²) in [5.41, 5.74) is -0.876. The predicted octanol–water partition coefficient (Wildman–Crippen LogP) is 0.217. The molecule has 0 aromatic rings. The van der Waals surface area contributed by atoms with Gasteiger partial charge in [0.25, 0.3) is 23.6 Å². The first-order valence-corrected chi connectivity index (χ1v) is 10.5. The Morgan fingerprint density at radius 2 is 1.24 bits per heavy atom. The summed E-state index contributed by atoms with van der Waals surface area (Å²) < 4.78 is 5.32. The monoisotopic (exact) mass is 467 g/mol. The van der Waals surface area contributed by atoms with Crippen LogP contribution >= 0.6 is 0 Å². The molecule has 0 saturated carbocycles. The Kier molecular flexibility index (Phi) is 6.70. The third-order valence-electron chi connectivity index (χ3n) is 5.21. The van der Waals surface area contributed by atoms with Crippen LogP contribution in [0, 0.1) is 5.92 Å². The number of nitrogens with zero attached hydrogens (tertiary/aromatic N) is 3. The highest BCUT2D eigenvalue weighted by Crippen LogP contribution is 2.28. The lowest BCUT2D eigenvalue weighted by molar-refractivity contribution is -0.206. The van der Waals surface area contributed by atoms with E-state index in [0.29, 0.717) is 10.1 Å². The van der Waals surface area contributed by atoms with Crippen LogP contribution in [0.4, 0.5) is 4.79 Å². The molecule has 5 amide bonds. The van der Waals surface area contributed by atoms with E-state index < -0.39 is 59.2 Å². The number of ether oxygens (including phenoxy) is 1. The van der Waals surface area contributed by atoms with Crippen molar-refractivity contribution in [1.29, 1.82) is 0 Å². The molecule has 0 spiro atoms. The first-order valence-electron chi connectivity index (χ1n) is 10.5. The van der Waals surface area contributed by atoms with Gasteiger partial charge in [0.1, 0.15) is 11.6 Å². The van der Waals surface area contributed by atoms with Crippen LogP contribution in [0.3, 0.4) is 0 Å². The standard InChI is InChI=1S/C20H25N3O10/c1-20(2,3)31-19(30)21-9-8-11(17(28)32-22-13(24)4-5-14(22)25)10-12(21)18(29)33-23-15(26)6-7-16(23)27/h11-12H,4-10H2,1-3H3. The number of likely N-dealkylation sites (tertiary alicyclic amines) is 1. The van der Waals surface area contributed by atoms with Crippen molar-refractivity contribution in [2.24, 2.45) is 5.92 Å². The van der Waals surface area contributed by atoms with E-state index in [4.69, 9.17) is 14.4 Å². The van der Waals surface area contributed by atoms with Gasteiger partial charge < -0.3 is 14.4 Å². The molecule has 2 atom stereocenters. The molecule has 0 bridgehead atoms. The molecular formula is C20H25N3O10. The van der Waals surface area contributed by atoms with Crippen molar-refractivity contribution < 1.29 is 48.0 Å². The lowest BCUT2D eigenvalue weighted by Crippen LogP contribution is -2.54. The Hall–Kier alpha value is -3.51. The normalized spacial score (nSPS) is 23.8. The number of amides is 5. The largest absolute Gasteiger partial charge is 0.444 e. The van der Waals surface area contributed by atoms with Crippen molar-refractivity contribution in [2.45, 2.75) is 70.9 Å². The van der Waals surface area contributed by atoms with Gasteiger partial charge >= 0.3 is 18.0 Å². The van der Waals surface area contributed by atoms with Crippen LogP contribution in [0.2, 0.25) is 0 Å². The highest BCUT2D eigenvalue weighted by molar-refractivity contribution is 6.02. The second-order valence-corrected chi connectivity index (χ2v) is 8.90. The molecule has 13 heteroatoms. The summed E-state index contributed by atoms with van der Waals surface area (Å²) in [7, 11) is 0. The summed E-state index contributed by atoms with van der Waals surface area (Å²) in [4.78, 5) is 96.1. The fourth-order valence-electron chi connectivity index (χ4n) is 3.57. The molecule has 3 aliphatic rings. The first kappa shape index (κ1) is 24.1. The third-order valence-corrected chi connectivity index (χ3v) is 5.21. The SMILES string of the molecule is CC(C)(C)OC(=O)N1CCC(C(=O)ON2C(=O)CCC2=O)CC1C(=O)ON1C(=O)CCC1=O. The van der Waals surface area contributed by atoms with Gasteiger partial charge in [0.05, 0.1) is 5.92 Å². The lowest BCUT2D eigenvalue weighted by atomic mass is 9.91. The number of hydrogen-bond donors (Lipinski definition) is 0. The molecule has 0 radical (unpaired) electrons. The summed E-state index contributed by atoms with van der Waals surface area (Å²) in [5.74, 6) is -5.69. The molecular weight excluding hydrogens is 442 g/mol. The van der Waals surface area contributed by atoms with Gasteiger partial charge in [0, 0.05) is 32.2 Å². The van der Waals surface area contributed by atoms with Gasteiger partial charge in [-0.2, -0.15) is 0 Å². The van der Waals surface area contributed by atoms with Gasteiger partial charge in [-0.3, -0.25) is 24.1 Å². The minimum atomic E-state index is -1.38. The summed E-state index contributed by atoms with van der Waals surface area (Å²) in [6, 6.07) is -1.38. The number of carbonyl (C=O) groups is 7. The Labute approximate surface area is 188 Å². The summed E-state index contributed by atoms with van der Waals surface area (Å²) in [6.07, 6.45) is -1.45. The summed E-state index contributed by atoms with van der Waals surface area (Å²) in [6.45, 7) is 4.79. The van der Waals surface area contributed by atoms with Gasteiger partial charge in [-0.05, 0) is 33.6 Å². The van der Waals surface area contributed by atoms with Gasteiger partial charge in [-0.15, -0.1) is 10.1 Å². The van der Waals surface area contributed by atoms with E-state index in [-0.39, 0.29) is 45.1 Å². The molecule has 2 unspecified atom stereocenters. The summed E-state index contributed by atoms with van der Waals surface area (Å²) in [5, 5.41) is 0.747. The molecule has 3 rings (SSSR count). The van der Waals surface area contributed by atoms with E-state index in [1.807, 2.05) is 0 Å². The Morgan fingerprint density at radius 1 is 0.788 bits per heavy atom. The van der Waals surface area contributed by atoms with Gasteiger partial charge in [0.15, 0.2) is 0 Å². The molecule has 0 N–H and O–H groups in total. The molecule has 13 nitrogen and oxygen atoms in total. The van der Waals surface area contributed by atoms with Crippen LogP contribution < -0.4 is 0 Å². The second kappa shape index (κ2) is 9.16. The minimum absolute atomic E-state index is 0.0552. The van der Waals surface area contributed by atoms with E-state index in [0.717, 1.165) is 4.90 Å². The zero-order chi connectivity index (χ0) is 24.5. The molecule has 3 fully saturated rings. The topological polar surface area (TPSA) is 157 Å². The van der Waals surface area contributed by atoms with Gasteiger partial charge in [-0.1, -0.05) is 0 Å². The maximum atomic E-state index is 12.9. The lowest BCUT2D eigenvalue weighted by Gasteiger charge is -2.37. The van der Waals surface area contributed by atoms with Crippen LogP contribution in [0.15, 0.2) is 0 Å². The zero-order valence-electron chi connectivity index (χ0n) is 18.5. The van der Waals surface area contributed by atoms with Gasteiger partial charge in [-0.25, -0.2) is 14.4 Å². The number of rotatable bonds is 4. The van der Waals surface area contributed by atoms with Crippen LogP contribution in [0.1, 0.15) is 59.3 Å². The Bertz CT molecular complexity index is 876. The van der Waals surface area contributed by atoms with E-state index >= 15 is 0 Å². The average molecular weight is 467 g/mol. The third kappa shape index (κ3) is 5.46. The van der Waals surface area contributed by atoms with Crippen molar-refractivity contribution in [3.8, 4) is 0 Å². The van der Waals surface area contributed by atoms with Crippen molar-refractivity contribution in [1.82, 2.24) is 15.0 Å². The van der Waals surface area contributed by atoms with Gasteiger partial charge in [0.2, 0.25) is 0 Å². The molecule has 0 aromatic carbocycles. The smallest absolute Gasteiger partial charge is 0.411 e. The first-order chi connectivity index (χ1) is 15.4. The number of imide groups is 2. The zero-order valence-corrected chi connectivity index (χ0v) is 18.5. The van der Waals surface area contributed by atoms with Crippen LogP contribution in [-0.2, 0) is 43.2 Å². The molecule has 3 saturated heterocycles. The number of hydroxylamine groups is 4. The summed E-state index contributed by atoms with van der Waals surface area (Å²) >= 11 is 0. The Balaban J connectivity index is 1.75. The fraction of sp³-hybridized carbons (Fsp3) is 0.650. The van der Waals surface area contributed by atoms with Crippen LogP contribution in [0.25, 0.3) is 0 Å². The molecule has 0 aromatic heterocycles. The van der Waals surface area contributed by atoms with E-state index in [1.54, 1.807) is 20.8 Å². The highest BCUT2D eigenvalue weighted by Gasteiger charge is 2.45. The maximum absolute atomic E-state index is 12.9. The fourth-order valence-corrected chi connectivity index (χ4v) is 3.57. The van der Waals surface area contributed by atoms with Crippen molar-refractivity contribution in [3.05, 3.63) is 0 Å². The quantitative estimate of drug-likeness (QED) is 0.524. The van der Waals surface area contributed by atoms with Crippen molar-refractivity contribution in [3.63, 3.8) is 0 Å². The van der Waals surface area contributed by atoms with Crippen LogP contribution in [-0.4, -0.2) is 74.9 Å². The molecule has 33 heavy (non-hydrogen) atoms. The number of piperidine rings is 1. The predicted molar refractivity (Wildman–Crippen MR) is 104 cm³/mol. The number of carbonyl (C=O) groups excluding carboxylic acids is 7. The van der Waals surface area contributed by atoms with Crippen molar-refractivity contribution >= 4 is 41.7 Å². The minimum Gasteiger partial charge on any atom is -0.444 e. The molecule has 3 heterocycles. The second-order valence-electron chi connectivity index (χ2n) is 8.90. The molecule has 180 valence electrons. The maximum Gasteiger partial charge on any atom is 0.411 e. The molecule has 0 aliphatic carbocycles. The van der Waals surface area contributed by atoms with E-state index in [2.05, 4.69) is 0 Å². The average Bonchev–Trinajstić information content (AvgIpc) is 3.22. The van der Waals surface area contributed by atoms with Crippen molar-refractivity contribution in [2.75, 3.05) is 6.54 Å². The number of hydrogen-bond acceptors (Lipinski definition) is 10. The Morgan fingerprint density at radius 3 is 1.70 bits per heavy atom. The van der Waals surface area contributed by atoms with E-state index in [9.17, 15) is 33.6 Å². The van der Waals surface area contributed by atoms with Crippen LogP contribution in [0.5, 0.6) is 0 Å². The molecule has 3 aliphatic heterocycles. The van der Waals surface area contributed by atoms with E-state index in [1.165, 1.54) is 0 Å². The highest BCUT2D eigenvalue weighted by atomic mass is 16.7.